The van der Waals surface area contributed by atoms with Crippen LogP contribution < -0.4 is 9.47 Å². The van der Waals surface area contributed by atoms with Crippen molar-refractivity contribution in [1.29, 1.82) is 0 Å². The summed E-state index contributed by atoms with van der Waals surface area (Å²) >= 11 is 0. The summed E-state index contributed by atoms with van der Waals surface area (Å²) in [6.45, 7) is -0.588. The van der Waals surface area contributed by atoms with Crippen molar-refractivity contribution in [3.05, 3.63) is 23.8 Å². The third-order valence-corrected chi connectivity index (χ3v) is 2.53. The first-order chi connectivity index (χ1) is 9.54. The maximum atomic E-state index is 12.3. The van der Waals surface area contributed by atoms with E-state index in [0.717, 1.165) is 4.90 Å². The number of hydrogen-bond acceptors (Lipinski definition) is 4. The number of nitrogens with zero attached hydrogens (tertiary/aromatic N) is 1. The number of ether oxygens (including phenoxy) is 2. The fraction of sp³-hybridized carbons (Fsp3) is 0.286. The number of benzene rings is 1. The average molecular weight is 277 g/mol. The first-order valence-corrected chi connectivity index (χ1v) is 5.70. The Kier molecular flexibility index (Phi) is 5.42. The van der Waals surface area contributed by atoms with E-state index < -0.39 is 18.4 Å². The van der Waals surface area contributed by atoms with Gasteiger partial charge in [-0.15, -0.1) is 6.42 Å². The molecule has 0 saturated carbocycles. The molecule has 106 valence electrons. The average Bonchev–Trinajstić information content (AvgIpc) is 2.44. The molecule has 0 atom stereocenters. The predicted octanol–water partition coefficient (Wildman–Crippen LogP) is 0.864. The number of rotatable bonds is 6. The molecule has 0 unspecified atom stereocenters. The van der Waals surface area contributed by atoms with Gasteiger partial charge in [-0.05, 0) is 12.1 Å². The molecule has 0 aliphatic rings. The summed E-state index contributed by atoms with van der Waals surface area (Å²) in [5.74, 6) is 1.22. The lowest BCUT2D eigenvalue weighted by atomic mass is 10.1. The highest BCUT2D eigenvalue weighted by atomic mass is 16.5. The number of para-hydroxylation sites is 1. The molecule has 0 heterocycles. The van der Waals surface area contributed by atoms with Crippen LogP contribution in [0.3, 0.4) is 0 Å². The number of carboxylic acids is 1. The molecule has 0 fully saturated rings. The van der Waals surface area contributed by atoms with E-state index >= 15 is 0 Å². The van der Waals surface area contributed by atoms with Crippen LogP contribution in [0.2, 0.25) is 0 Å². The largest absolute Gasteiger partial charge is 0.493 e. The molecule has 0 saturated heterocycles. The highest BCUT2D eigenvalue weighted by Gasteiger charge is 2.23. The monoisotopic (exact) mass is 277 g/mol. The second-order valence-electron chi connectivity index (χ2n) is 3.80. The highest BCUT2D eigenvalue weighted by molar-refractivity contribution is 5.99. The summed E-state index contributed by atoms with van der Waals surface area (Å²) in [5.41, 5.74) is 0.198. The number of carbonyl (C=O) groups excluding carboxylic acids is 1. The summed E-state index contributed by atoms with van der Waals surface area (Å²) in [4.78, 5) is 24.2. The van der Waals surface area contributed by atoms with E-state index in [4.69, 9.17) is 21.0 Å². The zero-order valence-electron chi connectivity index (χ0n) is 11.3. The van der Waals surface area contributed by atoms with Crippen LogP contribution in [0.1, 0.15) is 10.4 Å². The molecular weight excluding hydrogens is 262 g/mol. The predicted molar refractivity (Wildman–Crippen MR) is 71.9 cm³/mol. The molecule has 1 aromatic rings. The third-order valence-electron chi connectivity index (χ3n) is 2.53. The first kappa shape index (κ1) is 15.4. The normalized spacial score (nSPS) is 9.45. The molecule has 1 amide bonds. The first-order valence-electron chi connectivity index (χ1n) is 5.70. The van der Waals surface area contributed by atoms with E-state index in [1.54, 1.807) is 12.1 Å². The van der Waals surface area contributed by atoms with Gasteiger partial charge in [-0.25, -0.2) is 0 Å². The quantitative estimate of drug-likeness (QED) is 0.781. The van der Waals surface area contributed by atoms with Crippen molar-refractivity contribution >= 4 is 11.9 Å². The van der Waals surface area contributed by atoms with E-state index in [0.29, 0.717) is 5.75 Å². The van der Waals surface area contributed by atoms with E-state index in [1.807, 2.05) is 0 Å². The van der Waals surface area contributed by atoms with Gasteiger partial charge in [0, 0.05) is 0 Å². The topological polar surface area (TPSA) is 76.1 Å². The van der Waals surface area contributed by atoms with E-state index in [2.05, 4.69) is 5.92 Å². The van der Waals surface area contributed by atoms with Gasteiger partial charge in [-0.2, -0.15) is 0 Å². The van der Waals surface area contributed by atoms with Gasteiger partial charge >= 0.3 is 5.97 Å². The van der Waals surface area contributed by atoms with Gasteiger partial charge in [0.1, 0.15) is 6.54 Å². The van der Waals surface area contributed by atoms with Crippen molar-refractivity contribution in [1.82, 2.24) is 4.90 Å². The number of methoxy groups -OCH3 is 2. The van der Waals surface area contributed by atoms with Gasteiger partial charge in [0.05, 0.1) is 26.3 Å². The Labute approximate surface area is 116 Å². The highest BCUT2D eigenvalue weighted by Crippen LogP contribution is 2.31. The lowest BCUT2D eigenvalue weighted by molar-refractivity contribution is -0.137. The molecule has 1 rings (SSSR count). The van der Waals surface area contributed by atoms with Crippen molar-refractivity contribution in [3.8, 4) is 23.8 Å². The maximum absolute atomic E-state index is 12.3. The number of aliphatic carboxylic acids is 1. The Morgan fingerprint density at radius 3 is 2.55 bits per heavy atom. The van der Waals surface area contributed by atoms with E-state index in [-0.39, 0.29) is 17.9 Å². The second-order valence-corrected chi connectivity index (χ2v) is 3.80. The molecule has 0 spiro atoms. The Morgan fingerprint density at radius 1 is 1.35 bits per heavy atom. The molecule has 20 heavy (non-hydrogen) atoms. The van der Waals surface area contributed by atoms with Gasteiger partial charge in [-0.3, -0.25) is 9.59 Å². The Balaban J connectivity index is 3.18. The molecule has 6 heteroatoms. The van der Waals surface area contributed by atoms with Gasteiger partial charge in [-0.1, -0.05) is 12.0 Å². The third kappa shape index (κ3) is 3.42. The zero-order valence-corrected chi connectivity index (χ0v) is 11.3. The summed E-state index contributed by atoms with van der Waals surface area (Å²) in [6, 6.07) is 4.77. The number of carbonyl (C=O) groups is 2. The number of terminal acetylenes is 1. The Morgan fingerprint density at radius 2 is 2.05 bits per heavy atom. The zero-order chi connectivity index (χ0) is 15.1. The SMILES string of the molecule is C#CCN(CC(=O)O)C(=O)c1cccc(OC)c1OC. The summed E-state index contributed by atoms with van der Waals surface area (Å²) in [6.07, 6.45) is 5.15. The van der Waals surface area contributed by atoms with Crippen molar-refractivity contribution in [3.63, 3.8) is 0 Å². The summed E-state index contributed by atoms with van der Waals surface area (Å²) in [7, 11) is 2.85. The molecule has 1 aromatic carbocycles. The lowest BCUT2D eigenvalue weighted by Gasteiger charge is -2.20. The van der Waals surface area contributed by atoms with Crippen LogP contribution in [0.15, 0.2) is 18.2 Å². The van der Waals surface area contributed by atoms with Crippen molar-refractivity contribution in [2.75, 3.05) is 27.3 Å². The van der Waals surface area contributed by atoms with Gasteiger partial charge in [0.2, 0.25) is 0 Å². The van der Waals surface area contributed by atoms with Crippen LogP contribution >= 0.6 is 0 Å². The number of carboxylic acid groups (broad SMARTS) is 1. The molecule has 0 aliphatic heterocycles. The van der Waals surface area contributed by atoms with Crippen LogP contribution in [-0.2, 0) is 4.79 Å². The minimum Gasteiger partial charge on any atom is -0.493 e. The minimum atomic E-state index is -1.14. The Bertz CT molecular complexity index is 547. The van der Waals surface area contributed by atoms with E-state index in [1.165, 1.54) is 20.3 Å². The molecule has 0 bridgehead atoms. The molecular formula is C14H15NO5. The second kappa shape index (κ2) is 7.04. The molecule has 0 radical (unpaired) electrons. The summed E-state index contributed by atoms with van der Waals surface area (Å²) < 4.78 is 10.2. The van der Waals surface area contributed by atoms with Crippen LogP contribution in [-0.4, -0.2) is 49.2 Å². The molecule has 6 nitrogen and oxygen atoms in total. The molecule has 0 aliphatic carbocycles. The summed E-state index contributed by atoms with van der Waals surface area (Å²) in [5, 5.41) is 8.82. The standard InChI is InChI=1S/C14H15NO5/c1-4-8-15(9-12(16)17)14(18)10-6-5-7-11(19-2)13(10)20-3/h1,5-7H,8-9H2,2-3H3,(H,16,17). The van der Waals surface area contributed by atoms with Crippen LogP contribution in [0.25, 0.3) is 0 Å². The van der Waals surface area contributed by atoms with Crippen LogP contribution in [0.4, 0.5) is 0 Å². The Hall–Kier alpha value is -2.68. The van der Waals surface area contributed by atoms with Crippen molar-refractivity contribution < 1.29 is 24.2 Å². The van der Waals surface area contributed by atoms with Gasteiger partial charge < -0.3 is 19.5 Å². The van der Waals surface area contributed by atoms with Gasteiger partial charge in [0.25, 0.3) is 5.91 Å². The molecule has 1 N–H and O–H groups in total. The fourth-order valence-corrected chi connectivity index (χ4v) is 1.70. The van der Waals surface area contributed by atoms with Crippen LogP contribution in [0, 0.1) is 12.3 Å². The minimum absolute atomic E-state index is 0.106. The van der Waals surface area contributed by atoms with E-state index in [9.17, 15) is 9.59 Å². The molecule has 0 aromatic heterocycles. The number of hydrogen-bond donors (Lipinski definition) is 1. The van der Waals surface area contributed by atoms with Crippen molar-refractivity contribution in [2.24, 2.45) is 0 Å². The lowest BCUT2D eigenvalue weighted by Crippen LogP contribution is -2.36. The smallest absolute Gasteiger partial charge is 0.323 e. The maximum Gasteiger partial charge on any atom is 0.323 e. The fourth-order valence-electron chi connectivity index (χ4n) is 1.70. The number of amides is 1. The van der Waals surface area contributed by atoms with Crippen molar-refractivity contribution in [2.45, 2.75) is 0 Å². The van der Waals surface area contributed by atoms with Crippen LogP contribution in [0.5, 0.6) is 11.5 Å². The van der Waals surface area contributed by atoms with Gasteiger partial charge in [0.15, 0.2) is 11.5 Å².